The highest BCUT2D eigenvalue weighted by Crippen LogP contribution is 2.10. The number of nitrogens with two attached hydrogens (primary N) is 1. The molecule has 1 aromatic carbocycles. The molecule has 0 fully saturated rings. The minimum absolute atomic E-state index is 0. The van der Waals surface area contributed by atoms with Crippen LogP contribution in [0, 0.1) is 13.8 Å². The summed E-state index contributed by atoms with van der Waals surface area (Å²) >= 11 is 0. The molecule has 0 saturated carbocycles. The molecule has 3 N–H and O–H groups in total. The Bertz CT molecular complexity index is 366. The number of amides is 1. The van der Waals surface area contributed by atoms with Crippen molar-refractivity contribution in [3.05, 3.63) is 34.9 Å². The summed E-state index contributed by atoms with van der Waals surface area (Å²) in [7, 11) is 0. The van der Waals surface area contributed by atoms with Gasteiger partial charge >= 0.3 is 0 Å². The molecular formula is C12H19ClN2O. The Kier molecular flexibility index (Phi) is 6.08. The SMILES string of the molecule is Cc1ccc(C)c(C(=O)N[C@@H](C)CN)c1.Cl. The molecule has 0 saturated heterocycles. The van der Waals surface area contributed by atoms with Crippen molar-refractivity contribution >= 4 is 18.3 Å². The van der Waals surface area contributed by atoms with E-state index in [0.717, 1.165) is 16.7 Å². The van der Waals surface area contributed by atoms with Gasteiger partial charge in [-0.3, -0.25) is 4.79 Å². The second-order valence-electron chi connectivity index (χ2n) is 3.93. The molecule has 0 unspecified atom stereocenters. The maximum atomic E-state index is 11.8. The van der Waals surface area contributed by atoms with E-state index in [-0.39, 0.29) is 24.4 Å². The van der Waals surface area contributed by atoms with Crippen LogP contribution in [0.3, 0.4) is 0 Å². The van der Waals surface area contributed by atoms with Crippen LogP contribution in [0.25, 0.3) is 0 Å². The van der Waals surface area contributed by atoms with E-state index in [1.165, 1.54) is 0 Å². The Morgan fingerprint density at radius 1 is 1.44 bits per heavy atom. The molecule has 1 aromatic rings. The zero-order chi connectivity index (χ0) is 11.4. The fourth-order valence-corrected chi connectivity index (χ4v) is 1.34. The Labute approximate surface area is 103 Å². The molecule has 0 radical (unpaired) electrons. The average Bonchev–Trinajstić information content (AvgIpc) is 2.21. The van der Waals surface area contributed by atoms with Crippen LogP contribution in [0.1, 0.15) is 28.4 Å². The van der Waals surface area contributed by atoms with E-state index in [0.29, 0.717) is 6.54 Å². The summed E-state index contributed by atoms with van der Waals surface area (Å²) in [4.78, 5) is 11.8. The first-order chi connectivity index (χ1) is 7.04. The van der Waals surface area contributed by atoms with E-state index >= 15 is 0 Å². The van der Waals surface area contributed by atoms with E-state index in [1.54, 1.807) is 0 Å². The molecule has 4 heteroatoms. The van der Waals surface area contributed by atoms with Gasteiger partial charge in [0.25, 0.3) is 5.91 Å². The van der Waals surface area contributed by atoms with Crippen LogP contribution in [0.4, 0.5) is 0 Å². The average molecular weight is 243 g/mol. The maximum absolute atomic E-state index is 11.8. The van der Waals surface area contributed by atoms with Crippen LogP contribution < -0.4 is 11.1 Å². The van der Waals surface area contributed by atoms with E-state index in [9.17, 15) is 4.79 Å². The molecule has 0 spiro atoms. The molecule has 16 heavy (non-hydrogen) atoms. The largest absolute Gasteiger partial charge is 0.348 e. The Morgan fingerprint density at radius 2 is 2.06 bits per heavy atom. The number of aryl methyl sites for hydroxylation is 2. The van der Waals surface area contributed by atoms with Crippen molar-refractivity contribution in [3.63, 3.8) is 0 Å². The number of halogens is 1. The second kappa shape index (κ2) is 6.51. The highest BCUT2D eigenvalue weighted by molar-refractivity contribution is 5.95. The first kappa shape index (κ1) is 14.9. The highest BCUT2D eigenvalue weighted by Gasteiger charge is 2.10. The van der Waals surface area contributed by atoms with Crippen LogP contribution in [-0.4, -0.2) is 18.5 Å². The molecule has 0 bridgehead atoms. The molecule has 90 valence electrons. The Hall–Kier alpha value is -1.06. The number of carbonyl (C=O) groups excluding carboxylic acids is 1. The summed E-state index contributed by atoms with van der Waals surface area (Å²) in [6.07, 6.45) is 0. The van der Waals surface area contributed by atoms with Crippen molar-refractivity contribution in [3.8, 4) is 0 Å². The number of benzene rings is 1. The van der Waals surface area contributed by atoms with Gasteiger partial charge in [0, 0.05) is 18.2 Å². The molecule has 0 aliphatic heterocycles. The summed E-state index contributed by atoms with van der Waals surface area (Å²) in [5.74, 6) is -0.0471. The standard InChI is InChI=1S/C12H18N2O.ClH/c1-8-4-5-9(2)11(6-8)12(15)14-10(3)7-13;/h4-6,10H,7,13H2,1-3H3,(H,14,15);1H/t10-;/m0./s1. The lowest BCUT2D eigenvalue weighted by Crippen LogP contribution is -2.38. The van der Waals surface area contributed by atoms with Crippen molar-refractivity contribution in [2.45, 2.75) is 26.8 Å². The predicted octanol–water partition coefficient (Wildman–Crippen LogP) is 1.80. The van der Waals surface area contributed by atoms with E-state index < -0.39 is 0 Å². The van der Waals surface area contributed by atoms with Gasteiger partial charge in [-0.1, -0.05) is 17.7 Å². The summed E-state index contributed by atoms with van der Waals surface area (Å²) in [6.45, 7) is 6.25. The molecule has 0 aliphatic rings. The van der Waals surface area contributed by atoms with Crippen molar-refractivity contribution in [1.29, 1.82) is 0 Å². The van der Waals surface area contributed by atoms with Crippen LogP contribution in [0.15, 0.2) is 18.2 Å². The molecule has 0 heterocycles. The number of hydrogen-bond donors (Lipinski definition) is 2. The van der Waals surface area contributed by atoms with Gasteiger partial charge in [-0.05, 0) is 32.4 Å². The maximum Gasteiger partial charge on any atom is 0.251 e. The monoisotopic (exact) mass is 242 g/mol. The van der Waals surface area contributed by atoms with Crippen molar-refractivity contribution in [2.75, 3.05) is 6.54 Å². The molecule has 1 rings (SSSR count). The van der Waals surface area contributed by atoms with Gasteiger partial charge in [-0.15, -0.1) is 12.4 Å². The first-order valence-corrected chi connectivity index (χ1v) is 5.12. The number of nitrogens with one attached hydrogen (secondary N) is 1. The minimum Gasteiger partial charge on any atom is -0.348 e. The lowest BCUT2D eigenvalue weighted by atomic mass is 10.0. The third kappa shape index (κ3) is 3.83. The van der Waals surface area contributed by atoms with Gasteiger partial charge in [0.15, 0.2) is 0 Å². The van der Waals surface area contributed by atoms with Crippen molar-refractivity contribution in [2.24, 2.45) is 5.73 Å². The second-order valence-corrected chi connectivity index (χ2v) is 3.93. The lowest BCUT2D eigenvalue weighted by molar-refractivity contribution is 0.0940. The zero-order valence-corrected chi connectivity index (χ0v) is 10.7. The van der Waals surface area contributed by atoms with E-state index in [1.807, 2.05) is 39.0 Å². The Morgan fingerprint density at radius 3 is 2.62 bits per heavy atom. The third-order valence-corrected chi connectivity index (χ3v) is 2.37. The summed E-state index contributed by atoms with van der Waals surface area (Å²) in [5.41, 5.74) is 8.26. The topological polar surface area (TPSA) is 55.1 Å². The van der Waals surface area contributed by atoms with Gasteiger partial charge in [-0.2, -0.15) is 0 Å². The van der Waals surface area contributed by atoms with Gasteiger partial charge in [-0.25, -0.2) is 0 Å². The van der Waals surface area contributed by atoms with Crippen molar-refractivity contribution < 1.29 is 4.79 Å². The molecule has 0 aromatic heterocycles. The quantitative estimate of drug-likeness (QED) is 0.849. The molecule has 1 atom stereocenters. The fourth-order valence-electron chi connectivity index (χ4n) is 1.34. The molecule has 3 nitrogen and oxygen atoms in total. The molecule has 0 aliphatic carbocycles. The molecular weight excluding hydrogens is 224 g/mol. The Balaban J connectivity index is 0.00000225. The smallest absolute Gasteiger partial charge is 0.251 e. The summed E-state index contributed by atoms with van der Waals surface area (Å²) in [6, 6.07) is 5.86. The van der Waals surface area contributed by atoms with Gasteiger partial charge in [0.2, 0.25) is 0 Å². The fraction of sp³-hybridized carbons (Fsp3) is 0.417. The van der Waals surface area contributed by atoms with Crippen LogP contribution in [0.5, 0.6) is 0 Å². The van der Waals surface area contributed by atoms with Crippen LogP contribution >= 0.6 is 12.4 Å². The zero-order valence-electron chi connectivity index (χ0n) is 9.91. The third-order valence-electron chi connectivity index (χ3n) is 2.37. The number of carbonyl (C=O) groups is 1. The number of hydrogen-bond acceptors (Lipinski definition) is 2. The van der Waals surface area contributed by atoms with E-state index in [2.05, 4.69) is 5.32 Å². The summed E-state index contributed by atoms with van der Waals surface area (Å²) in [5, 5.41) is 2.85. The number of rotatable bonds is 3. The molecule has 1 amide bonds. The van der Waals surface area contributed by atoms with E-state index in [4.69, 9.17) is 5.73 Å². The lowest BCUT2D eigenvalue weighted by Gasteiger charge is -2.13. The first-order valence-electron chi connectivity index (χ1n) is 5.12. The minimum atomic E-state index is -0.0471. The van der Waals surface area contributed by atoms with Gasteiger partial charge in [0.1, 0.15) is 0 Å². The normalized spacial score (nSPS) is 11.5. The van der Waals surface area contributed by atoms with Crippen LogP contribution in [0.2, 0.25) is 0 Å². The van der Waals surface area contributed by atoms with Gasteiger partial charge in [0.05, 0.1) is 0 Å². The summed E-state index contributed by atoms with van der Waals surface area (Å²) < 4.78 is 0. The van der Waals surface area contributed by atoms with Crippen molar-refractivity contribution in [1.82, 2.24) is 5.32 Å². The predicted molar refractivity (Wildman–Crippen MR) is 69.1 cm³/mol. The van der Waals surface area contributed by atoms with Gasteiger partial charge < -0.3 is 11.1 Å². The van der Waals surface area contributed by atoms with Crippen LogP contribution in [-0.2, 0) is 0 Å². The highest BCUT2D eigenvalue weighted by atomic mass is 35.5.